The van der Waals surface area contributed by atoms with Gasteiger partial charge in [-0.2, -0.15) is 0 Å². The fraction of sp³-hybridized carbons (Fsp3) is 0.0769. The van der Waals surface area contributed by atoms with Crippen molar-refractivity contribution in [1.29, 1.82) is 0 Å². The van der Waals surface area contributed by atoms with Gasteiger partial charge in [-0.1, -0.05) is 345 Å². The predicted molar refractivity (Wildman–Crippen MR) is 581 cm³/mol. The number of hydrogen-bond acceptors (Lipinski definition) is 16. The molecule has 4 aliphatic rings. The van der Waals surface area contributed by atoms with E-state index < -0.39 is 5.41 Å². The van der Waals surface area contributed by atoms with E-state index in [1.54, 1.807) is 18.6 Å². The molecule has 146 heavy (non-hydrogen) atoms. The summed E-state index contributed by atoms with van der Waals surface area (Å²) in [4.78, 5) is 58.7. The Morgan fingerprint density at radius 1 is 0.185 bits per heavy atom. The second-order valence-electron chi connectivity index (χ2n) is 39.4. The number of para-hydroxylation sites is 5. The molecule has 16 aromatic carbocycles. The normalized spacial score (nSPS) is 13.8. The van der Waals surface area contributed by atoms with Gasteiger partial charge in [0.1, 0.15) is 61.7 Å². The molecule has 16 heteroatoms. The van der Waals surface area contributed by atoms with Crippen molar-refractivity contribution in [3.8, 4) is 147 Å². The number of hydrogen-bond donors (Lipinski definition) is 0. The summed E-state index contributed by atoms with van der Waals surface area (Å²) < 4.78 is 26.8. The van der Waals surface area contributed by atoms with E-state index in [4.69, 9.17) is 62.5 Å². The lowest BCUT2D eigenvalue weighted by Crippen LogP contribution is -2.28. The summed E-state index contributed by atoms with van der Waals surface area (Å²) in [5.74, 6) is 4.78. The molecule has 0 amide bonds. The van der Waals surface area contributed by atoms with Crippen LogP contribution in [0.1, 0.15) is 97.2 Å². The molecule has 0 spiro atoms. The standard InChI is InChI=1S/C51H35N3O2.C44H27N5O.C35H24N4O/c1-50(2)38-21-9-6-15-33(38)43-39(50)25-26-42-44(43)34-17-12-19-36(46(34)56-42)49-53-47(28-23-24-30-29-13-5-8-20-37(29)51(3,4)40(30)27-28)52-48(54-49)35-18-11-16-32-31-14-7-10-22-41(31)55-45(32)35;1-3-14-28(15-4-1)44(29-16-5-2-6-17-29)33-21-8-7-18-30(33)38-34(44)24-25-37-39(38)31-19-13-20-32(40(31)50-37)41-47-42(35-22-9-11-26-45-35)49-43(48-41)36-23-10-12-27-46-36;1-35(2)25-16-7-6-13-22(25)29-26(35)18-19-28-30(29)23-14-10-15-24(31(23)40-28)33-37-32(21-11-4-3-5-12-21)38-34(39-33)27-17-8-9-20-36-27/h5-27H,1-4H3;1-27H;3-20H,1-2H3. The van der Waals surface area contributed by atoms with Crippen molar-refractivity contribution in [3.63, 3.8) is 0 Å². The van der Waals surface area contributed by atoms with Crippen LogP contribution in [0.3, 0.4) is 0 Å². The van der Waals surface area contributed by atoms with Gasteiger partial charge in [-0.05, 0) is 191 Å². The van der Waals surface area contributed by atoms with Crippen LogP contribution >= 0.6 is 0 Å². The minimum absolute atomic E-state index is 0.0856. The number of nitrogens with zero attached hydrogens (tertiary/aromatic N) is 12. The largest absolute Gasteiger partial charge is 0.455 e. The van der Waals surface area contributed by atoms with Crippen LogP contribution in [-0.4, -0.2) is 59.8 Å². The van der Waals surface area contributed by atoms with Gasteiger partial charge in [0.25, 0.3) is 0 Å². The molecule has 0 saturated carbocycles. The van der Waals surface area contributed by atoms with Crippen molar-refractivity contribution in [2.45, 2.75) is 63.2 Å². The smallest absolute Gasteiger partial charge is 0.182 e. The first-order chi connectivity index (χ1) is 71.7. The van der Waals surface area contributed by atoms with Crippen molar-refractivity contribution in [2.75, 3.05) is 0 Å². The van der Waals surface area contributed by atoms with Gasteiger partial charge in [0.2, 0.25) is 0 Å². The van der Waals surface area contributed by atoms with Crippen LogP contribution in [0.2, 0.25) is 0 Å². The van der Waals surface area contributed by atoms with Crippen LogP contribution in [0.4, 0.5) is 0 Å². The lowest BCUT2D eigenvalue weighted by atomic mass is 9.67. The topological polar surface area (TPSA) is 207 Å². The van der Waals surface area contributed by atoms with Crippen LogP contribution < -0.4 is 0 Å². The van der Waals surface area contributed by atoms with E-state index in [2.05, 4.69) is 329 Å². The molecule has 0 N–H and O–H groups in total. The van der Waals surface area contributed by atoms with Crippen molar-refractivity contribution >= 4 is 87.8 Å². The summed E-state index contributed by atoms with van der Waals surface area (Å²) in [7, 11) is 0. The van der Waals surface area contributed by atoms with E-state index >= 15 is 0 Å². The Balaban J connectivity index is 0.000000108. The minimum Gasteiger partial charge on any atom is -0.455 e. The van der Waals surface area contributed by atoms with Crippen LogP contribution in [0.25, 0.3) is 235 Å². The summed E-state index contributed by atoms with van der Waals surface area (Å²) in [5.41, 5.74) is 35.3. The van der Waals surface area contributed by atoms with Crippen molar-refractivity contribution in [3.05, 3.63) is 469 Å². The van der Waals surface area contributed by atoms with E-state index in [9.17, 15) is 0 Å². The summed E-state index contributed by atoms with van der Waals surface area (Å²) in [6.45, 7) is 13.8. The second-order valence-corrected chi connectivity index (χ2v) is 39.4. The fourth-order valence-corrected chi connectivity index (χ4v) is 23.6. The van der Waals surface area contributed by atoms with Gasteiger partial charge in [-0.25, -0.2) is 44.9 Å². The molecule has 0 bridgehead atoms. The van der Waals surface area contributed by atoms with E-state index in [1.165, 1.54) is 100 Å². The van der Waals surface area contributed by atoms with E-state index in [0.29, 0.717) is 69.5 Å². The predicted octanol–water partition coefficient (Wildman–Crippen LogP) is 31.7. The average molecular weight is 1880 g/mol. The molecule has 26 aromatic rings. The Kier molecular flexibility index (Phi) is 19.2. The maximum absolute atomic E-state index is 6.85. The maximum atomic E-state index is 6.85. The highest BCUT2D eigenvalue weighted by Gasteiger charge is 2.48. The van der Waals surface area contributed by atoms with Crippen LogP contribution in [0.15, 0.2) is 431 Å². The van der Waals surface area contributed by atoms with Crippen LogP contribution in [0, 0.1) is 0 Å². The van der Waals surface area contributed by atoms with E-state index in [1.807, 2.05) is 121 Å². The summed E-state index contributed by atoms with van der Waals surface area (Å²) in [6.07, 6.45) is 5.23. The molecule has 0 aliphatic heterocycles. The Morgan fingerprint density at radius 2 is 0.493 bits per heavy atom. The molecule has 10 aromatic heterocycles. The van der Waals surface area contributed by atoms with Gasteiger partial charge in [0.05, 0.1) is 27.7 Å². The number of furan rings is 4. The molecular weight excluding hydrogens is 1790 g/mol. The highest BCUT2D eigenvalue weighted by molar-refractivity contribution is 6.21. The Bertz CT molecular complexity index is 9710. The molecule has 10 heterocycles. The highest BCUT2D eigenvalue weighted by atomic mass is 16.3. The third-order valence-corrected chi connectivity index (χ3v) is 30.3. The average Bonchev–Trinajstić information content (AvgIpc) is 1.52. The van der Waals surface area contributed by atoms with Crippen molar-refractivity contribution in [2.24, 2.45) is 0 Å². The summed E-state index contributed by atoms with van der Waals surface area (Å²) in [5, 5.41) is 8.51. The molecule has 0 radical (unpaired) electrons. The zero-order valence-corrected chi connectivity index (χ0v) is 80.3. The van der Waals surface area contributed by atoms with Crippen LogP contribution in [-0.2, 0) is 21.7 Å². The maximum Gasteiger partial charge on any atom is 0.182 e. The van der Waals surface area contributed by atoms with Crippen molar-refractivity contribution in [1.82, 2.24) is 59.8 Å². The minimum atomic E-state index is -0.507. The third-order valence-electron chi connectivity index (χ3n) is 30.3. The molecule has 0 fully saturated rings. The number of aromatic nitrogens is 12. The van der Waals surface area contributed by atoms with Gasteiger partial charge in [0, 0.05) is 89.1 Å². The highest BCUT2D eigenvalue weighted by Crippen LogP contribution is 2.61. The monoisotopic (exact) mass is 1880 g/mol. The number of benzene rings is 16. The van der Waals surface area contributed by atoms with Gasteiger partial charge >= 0.3 is 0 Å². The third kappa shape index (κ3) is 13.1. The first-order valence-electron chi connectivity index (χ1n) is 49.3. The van der Waals surface area contributed by atoms with Crippen molar-refractivity contribution < 1.29 is 17.7 Å². The fourth-order valence-electron chi connectivity index (χ4n) is 23.6. The van der Waals surface area contributed by atoms with Crippen LogP contribution in [0.5, 0.6) is 0 Å². The first kappa shape index (κ1) is 85.2. The number of pyridine rings is 3. The van der Waals surface area contributed by atoms with E-state index in [0.717, 1.165) is 121 Å². The van der Waals surface area contributed by atoms with Gasteiger partial charge in [-0.15, -0.1) is 0 Å². The van der Waals surface area contributed by atoms with Gasteiger partial charge in [0.15, 0.2) is 52.4 Å². The summed E-state index contributed by atoms with van der Waals surface area (Å²) in [6, 6.07) is 137. The Morgan fingerprint density at radius 3 is 0.952 bits per heavy atom. The van der Waals surface area contributed by atoms with Gasteiger partial charge in [-0.3, -0.25) is 15.0 Å². The number of rotatable bonds is 11. The zero-order valence-electron chi connectivity index (χ0n) is 80.3. The molecule has 0 atom stereocenters. The Hall–Kier alpha value is -18.8. The SMILES string of the molecule is CC1(C)c2ccccc2-c2c1ccc1oc3c(-c4nc(-c5ccccc5)nc(-c5ccccn5)n4)cccc3c21.CC1(C)c2ccccc2-c2ccc(-c3nc(-c4cccc5c4oc4ccccc45)nc(-c4cccc5c4oc4ccc6c(c45)-c4ccccc4C6(C)C)n3)cc21.c1ccc(C2(c3ccccc3)c3ccccc3-c3c2ccc2oc4c(-c5nc(-c6ccccn6)nc(-c6ccccn6)n5)cccc4c32)cc1. The zero-order chi connectivity index (χ0) is 97.4. The van der Waals surface area contributed by atoms with Gasteiger partial charge < -0.3 is 17.7 Å². The molecule has 0 unspecified atom stereocenters. The lowest BCUT2D eigenvalue weighted by molar-refractivity contribution is 0.656. The quantitative estimate of drug-likeness (QED) is 0.118. The Labute approximate surface area is 838 Å². The number of fused-ring (bicyclic) bond motifs is 27. The molecule has 4 aliphatic carbocycles. The molecule has 690 valence electrons. The second kappa shape index (κ2) is 32.9. The molecule has 16 nitrogen and oxygen atoms in total. The first-order valence-corrected chi connectivity index (χ1v) is 49.3. The summed E-state index contributed by atoms with van der Waals surface area (Å²) >= 11 is 0. The molecule has 0 saturated heterocycles. The lowest BCUT2D eigenvalue weighted by Gasteiger charge is -2.33. The molecule has 30 rings (SSSR count). The van der Waals surface area contributed by atoms with E-state index in [-0.39, 0.29) is 16.2 Å². The molecular formula is C130H86N12O4.